The minimum atomic E-state index is -0.648. The summed E-state index contributed by atoms with van der Waals surface area (Å²) in [5.74, 6) is 2.55. The first-order chi connectivity index (χ1) is 18.4. The first kappa shape index (κ1) is 32.1. The molecule has 38 heavy (non-hydrogen) atoms. The van der Waals surface area contributed by atoms with E-state index in [1.807, 2.05) is 24.3 Å². The molecule has 0 fully saturated rings. The second kappa shape index (κ2) is 17.5. The fraction of sp³-hybridized carbons (Fsp3) is 0.625. The fourth-order valence-electron chi connectivity index (χ4n) is 4.97. The molecule has 214 valence electrons. The summed E-state index contributed by atoms with van der Waals surface area (Å²) in [4.78, 5) is 0. The molecule has 0 unspecified atom stereocenters. The van der Waals surface area contributed by atoms with Gasteiger partial charge in [-0.3, -0.25) is 0 Å². The van der Waals surface area contributed by atoms with Gasteiger partial charge in [-0.05, 0) is 66.0 Å². The highest BCUT2D eigenvalue weighted by Crippen LogP contribution is 2.38. The Bertz CT molecular complexity index is 926. The SMILES string of the molecule is CCCC(CCC)COc1cccc(C[C@@H](O)CN)c1-c1cc(C[C@@H](O)CN)cc(OCC(CC)CC)c1. The number of benzene rings is 2. The molecular weight excluding hydrogens is 476 g/mol. The van der Waals surface area contributed by atoms with Crippen molar-refractivity contribution >= 4 is 0 Å². The number of hydrogen-bond donors (Lipinski definition) is 4. The molecule has 0 saturated carbocycles. The lowest BCUT2D eigenvalue weighted by atomic mass is 9.92. The third-order valence-corrected chi connectivity index (χ3v) is 7.35. The predicted octanol–water partition coefficient (Wildman–Crippen LogP) is 5.49. The molecule has 0 bridgehead atoms. The zero-order valence-electron chi connectivity index (χ0n) is 24.1. The third kappa shape index (κ3) is 10.2. The van der Waals surface area contributed by atoms with Crippen molar-refractivity contribution in [3.63, 3.8) is 0 Å². The number of aliphatic hydroxyl groups excluding tert-OH is 2. The van der Waals surface area contributed by atoms with Gasteiger partial charge in [0, 0.05) is 25.1 Å². The second-order valence-corrected chi connectivity index (χ2v) is 10.6. The van der Waals surface area contributed by atoms with Crippen LogP contribution in [0.15, 0.2) is 36.4 Å². The molecule has 0 radical (unpaired) electrons. The summed E-state index contributed by atoms with van der Waals surface area (Å²) in [5, 5.41) is 20.8. The Balaban J connectivity index is 2.56. The molecule has 0 amide bonds. The standard InChI is InChI=1S/C32H52N2O4/c1-5-10-24(11-6-2)22-38-31-13-9-12-26(17-29(36)20-34)32(31)27-14-25(15-28(35)19-33)16-30(18-27)37-21-23(7-3)8-4/h9,12-14,16,18,23-24,28-29,35-36H,5-8,10-11,15,17,19-22,33-34H2,1-4H3/t28-,29-/m1/s1. The van der Waals surface area contributed by atoms with Crippen molar-refractivity contribution in [3.8, 4) is 22.6 Å². The predicted molar refractivity (Wildman–Crippen MR) is 158 cm³/mol. The van der Waals surface area contributed by atoms with Crippen LogP contribution >= 0.6 is 0 Å². The van der Waals surface area contributed by atoms with Gasteiger partial charge in [0.25, 0.3) is 0 Å². The molecule has 6 heteroatoms. The number of ether oxygens (including phenoxy) is 2. The van der Waals surface area contributed by atoms with E-state index in [0.29, 0.717) is 37.9 Å². The highest BCUT2D eigenvalue weighted by molar-refractivity contribution is 5.76. The number of hydrogen-bond acceptors (Lipinski definition) is 6. The molecule has 0 aliphatic rings. The van der Waals surface area contributed by atoms with Crippen LogP contribution in [0, 0.1) is 11.8 Å². The first-order valence-electron chi connectivity index (χ1n) is 14.7. The number of rotatable bonds is 19. The Labute approximate surface area is 230 Å². The zero-order chi connectivity index (χ0) is 27.9. The summed E-state index contributed by atoms with van der Waals surface area (Å²) in [6, 6.07) is 12.2. The van der Waals surface area contributed by atoms with Gasteiger partial charge in [-0.2, -0.15) is 0 Å². The van der Waals surface area contributed by atoms with Crippen molar-refractivity contribution in [2.45, 2.75) is 91.3 Å². The topological polar surface area (TPSA) is 111 Å². The van der Waals surface area contributed by atoms with Gasteiger partial charge in [0.2, 0.25) is 0 Å². The Morgan fingerprint density at radius 1 is 0.763 bits per heavy atom. The average molecular weight is 529 g/mol. The summed E-state index contributed by atoms with van der Waals surface area (Å²) in [6.07, 6.45) is 6.23. The van der Waals surface area contributed by atoms with Gasteiger partial charge in [-0.15, -0.1) is 0 Å². The molecule has 2 aromatic rings. The van der Waals surface area contributed by atoms with Gasteiger partial charge in [0.15, 0.2) is 0 Å². The van der Waals surface area contributed by atoms with E-state index in [4.69, 9.17) is 20.9 Å². The zero-order valence-corrected chi connectivity index (χ0v) is 24.1. The minimum absolute atomic E-state index is 0.187. The molecule has 2 aromatic carbocycles. The lowest BCUT2D eigenvalue weighted by Gasteiger charge is -2.22. The molecule has 2 atom stereocenters. The smallest absolute Gasteiger partial charge is 0.127 e. The van der Waals surface area contributed by atoms with E-state index in [1.54, 1.807) is 0 Å². The van der Waals surface area contributed by atoms with Gasteiger partial charge >= 0.3 is 0 Å². The van der Waals surface area contributed by atoms with E-state index in [2.05, 4.69) is 39.8 Å². The number of aliphatic hydroxyl groups is 2. The Morgan fingerprint density at radius 2 is 1.39 bits per heavy atom. The van der Waals surface area contributed by atoms with Crippen LogP contribution in [0.25, 0.3) is 11.1 Å². The van der Waals surface area contributed by atoms with Crippen LogP contribution in [-0.2, 0) is 12.8 Å². The summed E-state index contributed by atoms with van der Waals surface area (Å²) in [7, 11) is 0. The van der Waals surface area contributed by atoms with Crippen LogP contribution in [0.1, 0.15) is 77.3 Å². The first-order valence-corrected chi connectivity index (χ1v) is 14.7. The summed E-state index contributed by atoms with van der Waals surface area (Å²) in [6.45, 7) is 10.5. The molecule has 0 saturated heterocycles. The van der Waals surface area contributed by atoms with Gasteiger partial charge in [0.05, 0.1) is 25.4 Å². The maximum atomic E-state index is 10.5. The summed E-state index contributed by atoms with van der Waals surface area (Å²) < 4.78 is 12.8. The van der Waals surface area contributed by atoms with E-state index in [-0.39, 0.29) is 13.1 Å². The molecule has 2 rings (SSSR count). The van der Waals surface area contributed by atoms with Crippen molar-refractivity contribution < 1.29 is 19.7 Å². The highest BCUT2D eigenvalue weighted by Gasteiger charge is 2.19. The molecule has 0 heterocycles. The average Bonchev–Trinajstić information content (AvgIpc) is 2.92. The number of nitrogens with two attached hydrogens (primary N) is 2. The van der Waals surface area contributed by atoms with Crippen molar-refractivity contribution in [1.29, 1.82) is 0 Å². The maximum Gasteiger partial charge on any atom is 0.127 e. The van der Waals surface area contributed by atoms with Crippen LogP contribution in [0.4, 0.5) is 0 Å². The minimum Gasteiger partial charge on any atom is -0.493 e. The largest absolute Gasteiger partial charge is 0.493 e. The van der Waals surface area contributed by atoms with Crippen LogP contribution in [0.3, 0.4) is 0 Å². The molecule has 6 nitrogen and oxygen atoms in total. The van der Waals surface area contributed by atoms with Gasteiger partial charge < -0.3 is 31.2 Å². The molecule has 0 aliphatic heterocycles. The van der Waals surface area contributed by atoms with Gasteiger partial charge in [-0.1, -0.05) is 71.6 Å². The monoisotopic (exact) mass is 528 g/mol. The van der Waals surface area contributed by atoms with Crippen LogP contribution in [0.2, 0.25) is 0 Å². The normalized spacial score (nSPS) is 13.2. The van der Waals surface area contributed by atoms with Crippen molar-refractivity contribution in [2.24, 2.45) is 23.3 Å². The molecule has 0 spiro atoms. The molecule has 0 aliphatic carbocycles. The van der Waals surface area contributed by atoms with Crippen molar-refractivity contribution in [2.75, 3.05) is 26.3 Å². The Hall–Kier alpha value is -2.12. The van der Waals surface area contributed by atoms with Crippen LogP contribution in [-0.4, -0.2) is 48.7 Å². The van der Waals surface area contributed by atoms with Crippen LogP contribution in [0.5, 0.6) is 11.5 Å². The molecule has 6 N–H and O–H groups in total. The second-order valence-electron chi connectivity index (χ2n) is 10.6. The van der Waals surface area contributed by atoms with Crippen molar-refractivity contribution in [1.82, 2.24) is 0 Å². The lowest BCUT2D eigenvalue weighted by Crippen LogP contribution is -2.22. The lowest BCUT2D eigenvalue weighted by molar-refractivity contribution is 0.183. The van der Waals surface area contributed by atoms with Crippen molar-refractivity contribution in [3.05, 3.63) is 47.5 Å². The molecule has 0 aromatic heterocycles. The van der Waals surface area contributed by atoms with E-state index >= 15 is 0 Å². The Morgan fingerprint density at radius 3 is 2.00 bits per heavy atom. The van der Waals surface area contributed by atoms with Gasteiger partial charge in [-0.25, -0.2) is 0 Å². The van der Waals surface area contributed by atoms with E-state index in [1.165, 1.54) is 0 Å². The maximum absolute atomic E-state index is 10.5. The quantitative estimate of drug-likeness (QED) is 0.192. The Kier molecular flexibility index (Phi) is 14.8. The third-order valence-electron chi connectivity index (χ3n) is 7.35. The fourth-order valence-corrected chi connectivity index (χ4v) is 4.97. The summed E-state index contributed by atoms with van der Waals surface area (Å²) >= 11 is 0. The van der Waals surface area contributed by atoms with Gasteiger partial charge in [0.1, 0.15) is 11.5 Å². The van der Waals surface area contributed by atoms with Crippen LogP contribution < -0.4 is 20.9 Å². The summed E-state index contributed by atoms with van der Waals surface area (Å²) in [5.41, 5.74) is 15.3. The molecular formula is C32H52N2O4. The van der Waals surface area contributed by atoms with E-state index in [0.717, 1.165) is 72.3 Å². The van der Waals surface area contributed by atoms with E-state index in [9.17, 15) is 10.2 Å². The highest BCUT2D eigenvalue weighted by atomic mass is 16.5. The van der Waals surface area contributed by atoms with E-state index < -0.39 is 12.2 Å².